The van der Waals surface area contributed by atoms with Crippen molar-refractivity contribution in [2.75, 3.05) is 0 Å². The molecule has 0 spiro atoms. The zero-order valence-electron chi connectivity index (χ0n) is 9.90. The van der Waals surface area contributed by atoms with Crippen molar-refractivity contribution in [2.24, 2.45) is 0 Å². The molecular formula is C12H8N4O2S. The zero-order chi connectivity index (χ0) is 13.8. The van der Waals surface area contributed by atoms with Gasteiger partial charge in [-0.15, -0.1) is 0 Å². The van der Waals surface area contributed by atoms with Gasteiger partial charge in [-0.1, -0.05) is 0 Å². The molecule has 0 aliphatic carbocycles. The Morgan fingerprint density at radius 1 is 1.37 bits per heavy atom. The fourth-order valence-corrected chi connectivity index (χ4v) is 2.09. The summed E-state index contributed by atoms with van der Waals surface area (Å²) in [6.07, 6.45) is 3.35. The second-order valence-electron chi connectivity index (χ2n) is 3.69. The summed E-state index contributed by atoms with van der Waals surface area (Å²) >= 11 is 1.21. The molecule has 0 aliphatic rings. The van der Waals surface area contributed by atoms with Crippen molar-refractivity contribution in [1.82, 2.24) is 9.97 Å². The van der Waals surface area contributed by atoms with Gasteiger partial charge in [-0.2, -0.15) is 5.26 Å². The van der Waals surface area contributed by atoms with Crippen LogP contribution in [0.15, 0.2) is 40.6 Å². The maximum absolute atomic E-state index is 10.8. The molecule has 6 nitrogen and oxygen atoms in total. The monoisotopic (exact) mass is 272 g/mol. The van der Waals surface area contributed by atoms with E-state index < -0.39 is 4.92 Å². The Morgan fingerprint density at radius 2 is 2.05 bits per heavy atom. The van der Waals surface area contributed by atoms with Gasteiger partial charge < -0.3 is 0 Å². The van der Waals surface area contributed by atoms with Crippen LogP contribution in [0.4, 0.5) is 5.69 Å². The van der Waals surface area contributed by atoms with Crippen molar-refractivity contribution in [2.45, 2.75) is 17.0 Å². The average molecular weight is 272 g/mol. The summed E-state index contributed by atoms with van der Waals surface area (Å²) in [6.45, 7) is 1.88. The van der Waals surface area contributed by atoms with Crippen LogP contribution in [0.5, 0.6) is 0 Å². The van der Waals surface area contributed by atoms with Gasteiger partial charge in [0.25, 0.3) is 5.69 Å². The first kappa shape index (κ1) is 13.0. The number of hydrogen-bond donors (Lipinski definition) is 0. The number of hydrogen-bond acceptors (Lipinski definition) is 6. The first-order valence-corrected chi connectivity index (χ1v) is 6.07. The summed E-state index contributed by atoms with van der Waals surface area (Å²) in [7, 11) is 0. The fourth-order valence-electron chi connectivity index (χ4n) is 1.36. The van der Waals surface area contributed by atoms with Gasteiger partial charge in [-0.25, -0.2) is 9.97 Å². The molecule has 7 heteroatoms. The molecule has 0 unspecified atom stereocenters. The number of nitrogens with zero attached hydrogens (tertiary/aromatic N) is 4. The van der Waals surface area contributed by atoms with Gasteiger partial charge in [0.05, 0.1) is 4.92 Å². The summed E-state index contributed by atoms with van der Waals surface area (Å²) in [5.41, 5.74) is 0.772. The molecule has 19 heavy (non-hydrogen) atoms. The second-order valence-corrected chi connectivity index (χ2v) is 4.73. The van der Waals surface area contributed by atoms with E-state index in [1.807, 2.05) is 6.92 Å². The molecule has 0 bridgehead atoms. The molecule has 0 fully saturated rings. The quantitative estimate of drug-likeness (QED) is 0.484. The smallest absolute Gasteiger partial charge is 0.258 e. The van der Waals surface area contributed by atoms with E-state index in [0.717, 1.165) is 5.56 Å². The second kappa shape index (κ2) is 5.46. The molecule has 0 radical (unpaired) electrons. The Balaban J connectivity index is 2.31. The molecule has 1 aromatic carbocycles. The minimum atomic E-state index is -0.571. The normalized spacial score (nSPS) is 9.89. The Kier molecular flexibility index (Phi) is 3.73. The van der Waals surface area contributed by atoms with E-state index in [-0.39, 0.29) is 11.3 Å². The summed E-state index contributed by atoms with van der Waals surface area (Å²) in [4.78, 5) is 19.1. The summed E-state index contributed by atoms with van der Waals surface area (Å²) in [6, 6.07) is 6.21. The van der Waals surface area contributed by atoms with Crippen molar-refractivity contribution in [3.63, 3.8) is 0 Å². The Morgan fingerprint density at radius 3 is 2.63 bits per heavy atom. The van der Waals surface area contributed by atoms with E-state index >= 15 is 0 Å². The summed E-state index contributed by atoms with van der Waals surface area (Å²) in [5.74, 6) is 0. The molecule has 94 valence electrons. The highest BCUT2D eigenvalue weighted by atomic mass is 32.2. The minimum absolute atomic E-state index is 0.0409. The number of nitro groups is 1. The molecule has 1 aromatic heterocycles. The highest BCUT2D eigenvalue weighted by molar-refractivity contribution is 7.99. The van der Waals surface area contributed by atoms with Gasteiger partial charge in [-0.05, 0) is 36.4 Å². The first-order chi connectivity index (χ1) is 9.10. The van der Waals surface area contributed by atoms with Crippen LogP contribution >= 0.6 is 11.8 Å². The van der Waals surface area contributed by atoms with Gasteiger partial charge in [-0.3, -0.25) is 10.1 Å². The van der Waals surface area contributed by atoms with Crippen molar-refractivity contribution in [3.8, 4) is 6.07 Å². The summed E-state index contributed by atoms with van der Waals surface area (Å²) < 4.78 is 0. The van der Waals surface area contributed by atoms with Crippen LogP contribution in [0, 0.1) is 28.4 Å². The van der Waals surface area contributed by atoms with Crippen LogP contribution in [0.1, 0.15) is 11.1 Å². The lowest BCUT2D eigenvalue weighted by molar-refractivity contribution is -0.385. The number of aryl methyl sites for hydroxylation is 1. The molecule has 0 amide bonds. The van der Waals surface area contributed by atoms with Crippen LogP contribution in [0.25, 0.3) is 0 Å². The van der Waals surface area contributed by atoms with Crippen molar-refractivity contribution in [1.29, 1.82) is 5.26 Å². The Bertz CT molecular complexity index is 664. The van der Waals surface area contributed by atoms with Gasteiger partial charge in [0.15, 0.2) is 5.16 Å². The van der Waals surface area contributed by atoms with Crippen LogP contribution in [0.2, 0.25) is 0 Å². The van der Waals surface area contributed by atoms with E-state index in [1.54, 1.807) is 24.5 Å². The molecule has 0 atom stereocenters. The molecular weight excluding hydrogens is 264 g/mol. The maximum Gasteiger partial charge on any atom is 0.288 e. The van der Waals surface area contributed by atoms with Crippen LogP contribution in [-0.4, -0.2) is 14.9 Å². The third kappa shape index (κ3) is 3.05. The number of benzene rings is 1. The van der Waals surface area contributed by atoms with E-state index in [1.165, 1.54) is 23.9 Å². The summed E-state index contributed by atoms with van der Waals surface area (Å²) in [5, 5.41) is 20.1. The third-order valence-electron chi connectivity index (χ3n) is 2.25. The van der Waals surface area contributed by atoms with Crippen molar-refractivity contribution >= 4 is 17.4 Å². The largest absolute Gasteiger partial charge is 0.288 e. The minimum Gasteiger partial charge on any atom is -0.258 e. The first-order valence-electron chi connectivity index (χ1n) is 5.25. The van der Waals surface area contributed by atoms with E-state index in [4.69, 9.17) is 5.26 Å². The van der Waals surface area contributed by atoms with Gasteiger partial charge in [0.1, 0.15) is 11.6 Å². The van der Waals surface area contributed by atoms with Crippen molar-refractivity contribution < 1.29 is 4.92 Å². The Hall–Kier alpha value is -2.46. The molecule has 0 saturated carbocycles. The number of nitriles is 1. The lowest BCUT2D eigenvalue weighted by Crippen LogP contribution is -1.93. The van der Waals surface area contributed by atoms with Crippen LogP contribution < -0.4 is 0 Å². The van der Waals surface area contributed by atoms with Gasteiger partial charge >= 0.3 is 0 Å². The lowest BCUT2D eigenvalue weighted by Gasteiger charge is -2.01. The van der Waals surface area contributed by atoms with Crippen LogP contribution in [-0.2, 0) is 0 Å². The molecule has 2 aromatic rings. The fraction of sp³-hybridized carbons (Fsp3) is 0.0833. The standard InChI is InChI=1S/C12H8N4O2S/c1-8-6-14-12(15-7-8)19-10-3-2-9(5-13)11(4-10)16(17)18/h2-4,6-7H,1H3. The molecule has 1 heterocycles. The number of aromatic nitrogens is 2. The van der Waals surface area contributed by atoms with E-state index in [2.05, 4.69) is 9.97 Å². The van der Waals surface area contributed by atoms with Crippen molar-refractivity contribution in [3.05, 3.63) is 51.8 Å². The molecule has 0 saturated heterocycles. The molecule has 2 rings (SSSR count). The van der Waals surface area contributed by atoms with Gasteiger partial charge in [0.2, 0.25) is 0 Å². The van der Waals surface area contributed by atoms with Crippen LogP contribution in [0.3, 0.4) is 0 Å². The SMILES string of the molecule is Cc1cnc(Sc2ccc(C#N)c([N+](=O)[O-])c2)nc1. The predicted molar refractivity (Wildman–Crippen MR) is 68.7 cm³/mol. The topological polar surface area (TPSA) is 92.7 Å². The number of nitro benzene ring substituents is 1. The number of rotatable bonds is 3. The Labute approximate surface area is 113 Å². The third-order valence-corrected chi connectivity index (χ3v) is 3.14. The molecule has 0 aliphatic heterocycles. The lowest BCUT2D eigenvalue weighted by atomic mass is 10.2. The van der Waals surface area contributed by atoms with E-state index in [0.29, 0.717) is 10.1 Å². The zero-order valence-corrected chi connectivity index (χ0v) is 10.7. The molecule has 0 N–H and O–H groups in total. The highest BCUT2D eigenvalue weighted by Crippen LogP contribution is 2.29. The van der Waals surface area contributed by atoms with Gasteiger partial charge in [0, 0.05) is 23.4 Å². The average Bonchev–Trinajstić information content (AvgIpc) is 2.41. The highest BCUT2D eigenvalue weighted by Gasteiger charge is 2.15. The van der Waals surface area contributed by atoms with E-state index in [9.17, 15) is 10.1 Å². The maximum atomic E-state index is 10.8. The predicted octanol–water partition coefficient (Wildman–Crippen LogP) is 2.72.